The zero-order chi connectivity index (χ0) is 23.0. The first-order valence-electron chi connectivity index (χ1n) is 10.4. The average Bonchev–Trinajstić information content (AvgIpc) is 2.85. The van der Waals surface area contributed by atoms with Crippen LogP contribution in [0.5, 0.6) is 11.5 Å². The molecular formula is C27H22N2O4. The summed E-state index contributed by atoms with van der Waals surface area (Å²) in [6.45, 7) is 0. The summed E-state index contributed by atoms with van der Waals surface area (Å²) < 4.78 is 11.0. The summed E-state index contributed by atoms with van der Waals surface area (Å²) in [7, 11) is 1.49. The molecule has 33 heavy (non-hydrogen) atoms. The van der Waals surface area contributed by atoms with E-state index in [1.54, 1.807) is 24.3 Å². The number of nitrogens with one attached hydrogen (secondary N) is 1. The number of hydrazone groups is 1. The van der Waals surface area contributed by atoms with Crippen LogP contribution in [0.4, 0.5) is 0 Å². The summed E-state index contributed by atoms with van der Waals surface area (Å²) in [5, 5.41) is 5.77. The van der Waals surface area contributed by atoms with Gasteiger partial charge in [0.15, 0.2) is 11.5 Å². The number of amides is 1. The molecule has 164 valence electrons. The molecule has 0 heterocycles. The SMILES string of the molecule is COc1cc(C=NNC(=O)Cc2ccccc2)ccc1OC(=O)c1cccc2ccccc12. The maximum absolute atomic E-state index is 12.8. The van der Waals surface area contributed by atoms with Crippen LogP contribution in [0, 0.1) is 0 Å². The van der Waals surface area contributed by atoms with E-state index in [2.05, 4.69) is 10.5 Å². The summed E-state index contributed by atoms with van der Waals surface area (Å²) >= 11 is 0. The van der Waals surface area contributed by atoms with Crippen molar-refractivity contribution in [1.82, 2.24) is 5.43 Å². The first kappa shape index (κ1) is 21.8. The van der Waals surface area contributed by atoms with Crippen molar-refractivity contribution < 1.29 is 19.1 Å². The maximum Gasteiger partial charge on any atom is 0.344 e. The van der Waals surface area contributed by atoms with Crippen LogP contribution in [0.2, 0.25) is 0 Å². The number of methoxy groups -OCH3 is 1. The number of rotatable bonds is 7. The molecule has 1 N–H and O–H groups in total. The summed E-state index contributed by atoms with van der Waals surface area (Å²) in [6.07, 6.45) is 1.74. The van der Waals surface area contributed by atoms with Crippen LogP contribution in [0.15, 0.2) is 96.1 Å². The van der Waals surface area contributed by atoms with Gasteiger partial charge in [0.2, 0.25) is 5.91 Å². The molecule has 0 unspecified atom stereocenters. The molecule has 6 heteroatoms. The largest absolute Gasteiger partial charge is 0.493 e. The maximum atomic E-state index is 12.8. The van der Waals surface area contributed by atoms with Crippen LogP contribution in [-0.2, 0) is 11.2 Å². The molecule has 0 fully saturated rings. The Kier molecular flexibility index (Phi) is 6.75. The van der Waals surface area contributed by atoms with E-state index in [0.717, 1.165) is 16.3 Å². The van der Waals surface area contributed by atoms with E-state index < -0.39 is 5.97 Å². The van der Waals surface area contributed by atoms with E-state index in [4.69, 9.17) is 9.47 Å². The third-order valence-corrected chi connectivity index (χ3v) is 5.01. The fourth-order valence-electron chi connectivity index (χ4n) is 3.41. The van der Waals surface area contributed by atoms with Crippen LogP contribution < -0.4 is 14.9 Å². The van der Waals surface area contributed by atoms with Gasteiger partial charge in [-0.2, -0.15) is 5.10 Å². The summed E-state index contributed by atoms with van der Waals surface area (Å²) in [5.74, 6) is -0.0198. The molecule has 0 radical (unpaired) electrons. The van der Waals surface area contributed by atoms with Crippen molar-refractivity contribution in [1.29, 1.82) is 0 Å². The average molecular weight is 438 g/mol. The number of hydrogen-bond acceptors (Lipinski definition) is 5. The second-order valence-electron chi connectivity index (χ2n) is 7.28. The zero-order valence-corrected chi connectivity index (χ0v) is 18.0. The van der Waals surface area contributed by atoms with E-state index in [0.29, 0.717) is 22.6 Å². The number of fused-ring (bicyclic) bond motifs is 1. The zero-order valence-electron chi connectivity index (χ0n) is 18.0. The third-order valence-electron chi connectivity index (χ3n) is 5.01. The van der Waals surface area contributed by atoms with Gasteiger partial charge in [-0.15, -0.1) is 0 Å². The van der Waals surface area contributed by atoms with Gasteiger partial charge in [-0.05, 0) is 46.2 Å². The van der Waals surface area contributed by atoms with E-state index in [9.17, 15) is 9.59 Å². The Balaban J connectivity index is 1.43. The Hall–Kier alpha value is -4.45. The van der Waals surface area contributed by atoms with Crippen LogP contribution in [0.25, 0.3) is 10.8 Å². The summed E-state index contributed by atoms with van der Waals surface area (Å²) in [6, 6.07) is 27.6. The standard InChI is InChI=1S/C27H22N2O4/c1-32-25-16-20(18-28-29-26(30)17-19-8-3-2-4-9-19)14-15-24(25)33-27(31)23-13-7-11-21-10-5-6-12-22(21)23/h2-16,18H,17H2,1H3,(H,29,30). The van der Waals surface area contributed by atoms with E-state index in [1.165, 1.54) is 13.3 Å². The molecule has 0 aromatic heterocycles. The molecule has 1 amide bonds. The number of carbonyl (C=O) groups excluding carboxylic acids is 2. The second-order valence-corrected chi connectivity index (χ2v) is 7.28. The molecule has 0 saturated carbocycles. The molecule has 0 atom stereocenters. The molecule has 0 saturated heterocycles. The van der Waals surface area contributed by atoms with Gasteiger partial charge in [-0.1, -0.05) is 66.7 Å². The molecule has 4 aromatic carbocycles. The van der Waals surface area contributed by atoms with E-state index in [-0.39, 0.29) is 12.3 Å². The minimum absolute atomic E-state index is 0.218. The van der Waals surface area contributed by atoms with Crippen molar-refractivity contribution in [3.8, 4) is 11.5 Å². The van der Waals surface area contributed by atoms with Gasteiger partial charge in [0.05, 0.1) is 25.3 Å². The van der Waals surface area contributed by atoms with Crippen molar-refractivity contribution in [2.75, 3.05) is 7.11 Å². The predicted octanol–water partition coefficient (Wildman–Crippen LogP) is 4.76. The van der Waals surface area contributed by atoms with Crippen molar-refractivity contribution in [3.05, 3.63) is 108 Å². The van der Waals surface area contributed by atoms with Gasteiger partial charge in [-0.25, -0.2) is 10.2 Å². The normalized spacial score (nSPS) is 10.8. The van der Waals surface area contributed by atoms with Crippen molar-refractivity contribution in [3.63, 3.8) is 0 Å². The molecule has 0 aliphatic carbocycles. The molecule has 6 nitrogen and oxygen atoms in total. The topological polar surface area (TPSA) is 77.0 Å². The molecule has 4 aromatic rings. The highest BCUT2D eigenvalue weighted by atomic mass is 16.6. The fraction of sp³-hybridized carbons (Fsp3) is 0.0741. The molecule has 0 spiro atoms. The summed E-state index contributed by atoms with van der Waals surface area (Å²) in [4.78, 5) is 24.8. The molecule has 4 rings (SSSR count). The highest BCUT2D eigenvalue weighted by molar-refractivity contribution is 6.05. The number of nitrogens with zero attached hydrogens (tertiary/aromatic N) is 1. The molecule has 0 aliphatic heterocycles. The highest BCUT2D eigenvalue weighted by Crippen LogP contribution is 2.29. The van der Waals surface area contributed by atoms with Gasteiger partial charge in [-0.3, -0.25) is 4.79 Å². The Bertz CT molecular complexity index is 1310. The van der Waals surface area contributed by atoms with E-state index in [1.807, 2.05) is 66.7 Å². The third kappa shape index (κ3) is 5.43. The summed E-state index contributed by atoms with van der Waals surface area (Å²) in [5.41, 5.74) is 4.57. The van der Waals surface area contributed by atoms with Gasteiger partial charge < -0.3 is 9.47 Å². The van der Waals surface area contributed by atoms with Crippen molar-refractivity contribution >= 4 is 28.9 Å². The van der Waals surface area contributed by atoms with Crippen LogP contribution in [0.1, 0.15) is 21.5 Å². The van der Waals surface area contributed by atoms with Gasteiger partial charge in [0, 0.05) is 0 Å². The quantitative estimate of drug-likeness (QED) is 0.195. The second kappa shape index (κ2) is 10.2. The van der Waals surface area contributed by atoms with Gasteiger partial charge >= 0.3 is 5.97 Å². The lowest BCUT2D eigenvalue weighted by Crippen LogP contribution is -2.19. The van der Waals surface area contributed by atoms with Crippen LogP contribution >= 0.6 is 0 Å². The number of esters is 1. The molecule has 0 bridgehead atoms. The molecule has 0 aliphatic rings. The van der Waals surface area contributed by atoms with Crippen molar-refractivity contribution in [2.24, 2.45) is 5.10 Å². The Morgan fingerprint density at radius 1 is 0.879 bits per heavy atom. The Morgan fingerprint density at radius 2 is 1.64 bits per heavy atom. The molecular weight excluding hydrogens is 416 g/mol. The fourth-order valence-corrected chi connectivity index (χ4v) is 3.41. The lowest BCUT2D eigenvalue weighted by molar-refractivity contribution is -0.120. The first-order valence-corrected chi connectivity index (χ1v) is 10.4. The number of hydrogen-bond donors (Lipinski definition) is 1. The number of ether oxygens (including phenoxy) is 2. The first-order chi connectivity index (χ1) is 16.1. The monoisotopic (exact) mass is 438 g/mol. The lowest BCUT2D eigenvalue weighted by Gasteiger charge is -2.11. The van der Waals surface area contributed by atoms with Crippen molar-refractivity contribution in [2.45, 2.75) is 6.42 Å². The number of carbonyl (C=O) groups is 2. The highest BCUT2D eigenvalue weighted by Gasteiger charge is 2.15. The van der Waals surface area contributed by atoms with Gasteiger partial charge in [0.1, 0.15) is 0 Å². The lowest BCUT2D eigenvalue weighted by atomic mass is 10.0. The van der Waals surface area contributed by atoms with Crippen LogP contribution in [0.3, 0.4) is 0 Å². The minimum Gasteiger partial charge on any atom is -0.493 e. The minimum atomic E-state index is -0.473. The Morgan fingerprint density at radius 3 is 2.45 bits per heavy atom. The Labute approximate surface area is 191 Å². The smallest absolute Gasteiger partial charge is 0.344 e. The van der Waals surface area contributed by atoms with Crippen LogP contribution in [-0.4, -0.2) is 25.2 Å². The number of benzene rings is 4. The van der Waals surface area contributed by atoms with E-state index >= 15 is 0 Å². The predicted molar refractivity (Wildman–Crippen MR) is 128 cm³/mol. The van der Waals surface area contributed by atoms with Gasteiger partial charge in [0.25, 0.3) is 0 Å².